The molecule has 1 aromatic rings. The zero-order valence-electron chi connectivity index (χ0n) is 10.7. The molecule has 0 N–H and O–H groups in total. The molecule has 0 amide bonds. The highest BCUT2D eigenvalue weighted by Crippen LogP contribution is 2.02. The van der Waals surface area contributed by atoms with Gasteiger partial charge in [0.15, 0.2) is 0 Å². The topological polar surface area (TPSA) is 16.1 Å². The molecule has 2 nitrogen and oxygen atoms in total. The van der Waals surface area contributed by atoms with E-state index < -0.39 is 0 Å². The van der Waals surface area contributed by atoms with Gasteiger partial charge in [0.2, 0.25) is 0 Å². The molecule has 0 saturated carbocycles. The molecule has 0 aliphatic carbocycles. The predicted octanol–water partition coefficient (Wildman–Crippen LogP) is 2.91. The van der Waals surface area contributed by atoms with E-state index >= 15 is 0 Å². The largest absolute Gasteiger partial charge is 0.309 e. The minimum absolute atomic E-state index is 1.09. The van der Waals surface area contributed by atoms with Crippen LogP contribution < -0.4 is 0 Å². The van der Waals surface area contributed by atoms with Gasteiger partial charge in [0, 0.05) is 11.9 Å². The fraction of sp³-hybridized carbons (Fsp3) is 0.615. The van der Waals surface area contributed by atoms with E-state index in [2.05, 4.69) is 36.1 Å². The maximum atomic E-state index is 4.26. The first-order chi connectivity index (χ1) is 7.18. The Kier molecular flexibility index (Phi) is 7.92. The molecule has 0 atom stereocenters. The summed E-state index contributed by atoms with van der Waals surface area (Å²) in [5, 5.41) is 0. The van der Waals surface area contributed by atoms with E-state index in [1.807, 2.05) is 27.0 Å². The normalized spacial score (nSPS) is 9.73. The van der Waals surface area contributed by atoms with Crippen molar-refractivity contribution in [1.29, 1.82) is 0 Å². The fourth-order valence-corrected chi connectivity index (χ4v) is 1.25. The second kappa shape index (κ2) is 8.42. The van der Waals surface area contributed by atoms with E-state index in [1.54, 1.807) is 0 Å². The SMILES string of the molecule is CC.Cc1ccc(CCCN(C)C)cn1. The molecule has 0 spiro atoms. The summed E-state index contributed by atoms with van der Waals surface area (Å²) in [6.45, 7) is 7.16. The summed E-state index contributed by atoms with van der Waals surface area (Å²) in [5.41, 5.74) is 2.43. The van der Waals surface area contributed by atoms with Gasteiger partial charge in [-0.1, -0.05) is 19.9 Å². The predicted molar refractivity (Wildman–Crippen MR) is 67.2 cm³/mol. The number of pyridine rings is 1. The average molecular weight is 208 g/mol. The monoisotopic (exact) mass is 208 g/mol. The lowest BCUT2D eigenvalue weighted by molar-refractivity contribution is 0.400. The Morgan fingerprint density at radius 2 is 1.87 bits per heavy atom. The highest BCUT2D eigenvalue weighted by Gasteiger charge is 1.94. The molecular weight excluding hydrogens is 184 g/mol. The highest BCUT2D eigenvalue weighted by molar-refractivity contribution is 5.13. The quantitative estimate of drug-likeness (QED) is 0.756. The van der Waals surface area contributed by atoms with Gasteiger partial charge in [-0.2, -0.15) is 0 Å². The maximum absolute atomic E-state index is 4.26. The number of hydrogen-bond acceptors (Lipinski definition) is 2. The lowest BCUT2D eigenvalue weighted by Crippen LogP contribution is -2.13. The Balaban J connectivity index is 0.000000921. The summed E-state index contributed by atoms with van der Waals surface area (Å²) in [6, 6.07) is 4.24. The lowest BCUT2D eigenvalue weighted by atomic mass is 10.1. The molecule has 0 bridgehead atoms. The number of hydrogen-bond donors (Lipinski definition) is 0. The van der Waals surface area contributed by atoms with Crippen molar-refractivity contribution in [2.45, 2.75) is 33.6 Å². The van der Waals surface area contributed by atoms with Crippen molar-refractivity contribution in [3.63, 3.8) is 0 Å². The summed E-state index contributed by atoms with van der Waals surface area (Å²) in [5.74, 6) is 0. The van der Waals surface area contributed by atoms with Gasteiger partial charge in [0.1, 0.15) is 0 Å². The second-order valence-electron chi connectivity index (χ2n) is 3.71. The zero-order valence-corrected chi connectivity index (χ0v) is 10.7. The number of aromatic nitrogens is 1. The third-order valence-electron chi connectivity index (χ3n) is 2.04. The van der Waals surface area contributed by atoms with Gasteiger partial charge in [0.05, 0.1) is 0 Å². The molecule has 0 aliphatic heterocycles. The van der Waals surface area contributed by atoms with Gasteiger partial charge in [-0.3, -0.25) is 4.98 Å². The van der Waals surface area contributed by atoms with Gasteiger partial charge in [-0.25, -0.2) is 0 Å². The first kappa shape index (κ1) is 14.1. The fourth-order valence-electron chi connectivity index (χ4n) is 1.25. The standard InChI is InChI=1S/C11H18N2.C2H6/c1-10-6-7-11(9-12-10)5-4-8-13(2)3;1-2/h6-7,9H,4-5,8H2,1-3H3;1-2H3. The van der Waals surface area contributed by atoms with Crippen LogP contribution >= 0.6 is 0 Å². The Morgan fingerprint density at radius 1 is 1.20 bits per heavy atom. The van der Waals surface area contributed by atoms with Gasteiger partial charge >= 0.3 is 0 Å². The molecule has 0 radical (unpaired) electrons. The maximum Gasteiger partial charge on any atom is 0.0372 e. The molecular formula is C13H24N2. The Bertz CT molecular complexity index is 239. The first-order valence-electron chi connectivity index (χ1n) is 5.75. The van der Waals surface area contributed by atoms with Crippen molar-refractivity contribution < 1.29 is 0 Å². The molecule has 1 aromatic heterocycles. The molecule has 0 aliphatic rings. The van der Waals surface area contributed by atoms with E-state index in [1.165, 1.54) is 12.0 Å². The Labute approximate surface area is 94.3 Å². The van der Waals surface area contributed by atoms with Gasteiger partial charge < -0.3 is 4.90 Å². The first-order valence-corrected chi connectivity index (χ1v) is 5.75. The minimum atomic E-state index is 1.09. The van der Waals surface area contributed by atoms with E-state index in [9.17, 15) is 0 Å². The van der Waals surface area contributed by atoms with Crippen LogP contribution in [-0.4, -0.2) is 30.5 Å². The van der Waals surface area contributed by atoms with Gasteiger partial charge in [-0.15, -0.1) is 0 Å². The molecule has 0 aromatic carbocycles. The molecule has 15 heavy (non-hydrogen) atoms. The summed E-state index contributed by atoms with van der Waals surface area (Å²) < 4.78 is 0. The van der Waals surface area contributed by atoms with Crippen LogP contribution in [0.25, 0.3) is 0 Å². The summed E-state index contributed by atoms with van der Waals surface area (Å²) >= 11 is 0. The van der Waals surface area contributed by atoms with Crippen LogP contribution in [0.15, 0.2) is 18.3 Å². The highest BCUT2D eigenvalue weighted by atomic mass is 15.0. The van der Waals surface area contributed by atoms with Crippen LogP contribution in [0.5, 0.6) is 0 Å². The molecule has 0 unspecified atom stereocenters. The molecule has 0 saturated heterocycles. The number of nitrogens with zero attached hydrogens (tertiary/aromatic N) is 2. The van der Waals surface area contributed by atoms with E-state index in [0.717, 1.165) is 18.7 Å². The number of rotatable bonds is 4. The van der Waals surface area contributed by atoms with E-state index in [4.69, 9.17) is 0 Å². The average Bonchev–Trinajstić information content (AvgIpc) is 2.23. The van der Waals surface area contributed by atoms with Crippen LogP contribution in [0.3, 0.4) is 0 Å². The lowest BCUT2D eigenvalue weighted by Gasteiger charge is -2.08. The summed E-state index contributed by atoms with van der Waals surface area (Å²) in [7, 11) is 4.21. The van der Waals surface area contributed by atoms with Gasteiger partial charge in [0.25, 0.3) is 0 Å². The van der Waals surface area contributed by atoms with Crippen LogP contribution in [0, 0.1) is 6.92 Å². The Morgan fingerprint density at radius 3 is 2.33 bits per heavy atom. The van der Waals surface area contributed by atoms with Crippen molar-refractivity contribution in [1.82, 2.24) is 9.88 Å². The van der Waals surface area contributed by atoms with Crippen molar-refractivity contribution in [2.24, 2.45) is 0 Å². The smallest absolute Gasteiger partial charge is 0.0372 e. The van der Waals surface area contributed by atoms with Crippen molar-refractivity contribution >= 4 is 0 Å². The van der Waals surface area contributed by atoms with E-state index in [-0.39, 0.29) is 0 Å². The molecule has 1 rings (SSSR count). The van der Waals surface area contributed by atoms with Crippen LogP contribution in [-0.2, 0) is 6.42 Å². The number of aryl methyl sites for hydroxylation is 2. The van der Waals surface area contributed by atoms with Crippen molar-refractivity contribution in [3.8, 4) is 0 Å². The third-order valence-corrected chi connectivity index (χ3v) is 2.04. The second-order valence-corrected chi connectivity index (χ2v) is 3.71. The molecule has 0 fully saturated rings. The van der Waals surface area contributed by atoms with E-state index in [0.29, 0.717) is 0 Å². The van der Waals surface area contributed by atoms with Crippen molar-refractivity contribution in [2.75, 3.05) is 20.6 Å². The van der Waals surface area contributed by atoms with Gasteiger partial charge in [-0.05, 0) is 52.0 Å². The van der Waals surface area contributed by atoms with Crippen LogP contribution in [0.4, 0.5) is 0 Å². The van der Waals surface area contributed by atoms with Crippen LogP contribution in [0.1, 0.15) is 31.5 Å². The zero-order chi connectivity index (χ0) is 11.7. The molecule has 86 valence electrons. The molecule has 2 heteroatoms. The Hall–Kier alpha value is -0.890. The summed E-state index contributed by atoms with van der Waals surface area (Å²) in [4.78, 5) is 6.47. The van der Waals surface area contributed by atoms with Crippen LogP contribution in [0.2, 0.25) is 0 Å². The minimum Gasteiger partial charge on any atom is -0.309 e. The van der Waals surface area contributed by atoms with Crippen molar-refractivity contribution in [3.05, 3.63) is 29.6 Å². The molecule has 1 heterocycles. The third kappa shape index (κ3) is 7.09. The summed E-state index contributed by atoms with van der Waals surface area (Å²) in [6.07, 6.45) is 4.31.